The highest BCUT2D eigenvalue weighted by atomic mass is 16.4. The van der Waals surface area contributed by atoms with Gasteiger partial charge < -0.3 is 16.2 Å². The fraction of sp³-hybridized carbons (Fsp3) is 0.833. The Balaban J connectivity index is 2.43. The summed E-state index contributed by atoms with van der Waals surface area (Å²) in [4.78, 5) is 22.7. The van der Waals surface area contributed by atoms with Gasteiger partial charge in [0.15, 0.2) is 0 Å². The molecule has 5 heteroatoms. The van der Waals surface area contributed by atoms with E-state index in [0.717, 1.165) is 19.3 Å². The molecule has 5 nitrogen and oxygen atoms in total. The van der Waals surface area contributed by atoms with Crippen LogP contribution in [0.5, 0.6) is 0 Å². The number of carbonyl (C=O) groups is 2. The van der Waals surface area contributed by atoms with Crippen LogP contribution in [0.1, 0.15) is 46.0 Å². The van der Waals surface area contributed by atoms with Crippen molar-refractivity contribution in [3.05, 3.63) is 0 Å². The van der Waals surface area contributed by atoms with Crippen LogP contribution >= 0.6 is 0 Å². The van der Waals surface area contributed by atoms with Crippen molar-refractivity contribution in [2.45, 2.75) is 57.5 Å². The number of rotatable bonds is 6. The maximum Gasteiger partial charge on any atom is 0.326 e. The van der Waals surface area contributed by atoms with Gasteiger partial charge >= 0.3 is 5.97 Å². The molecule has 0 radical (unpaired) electrons. The summed E-state index contributed by atoms with van der Waals surface area (Å²) in [5, 5.41) is 11.5. The van der Waals surface area contributed by atoms with E-state index in [-0.39, 0.29) is 18.2 Å². The number of carbonyl (C=O) groups excluding carboxylic acids is 1. The quantitative estimate of drug-likeness (QED) is 0.644. The summed E-state index contributed by atoms with van der Waals surface area (Å²) in [5.74, 6) is -1.00. The minimum Gasteiger partial charge on any atom is -0.480 e. The highest BCUT2D eigenvalue weighted by Gasteiger charge is 2.35. The number of nitrogens with one attached hydrogen (secondary N) is 1. The normalized spacial score (nSPS) is 19.5. The van der Waals surface area contributed by atoms with Crippen LogP contribution < -0.4 is 11.1 Å². The van der Waals surface area contributed by atoms with Crippen LogP contribution in [0.2, 0.25) is 0 Å². The molecule has 0 bridgehead atoms. The molecular weight excluding hydrogens is 220 g/mol. The van der Waals surface area contributed by atoms with Crippen LogP contribution in [0, 0.1) is 5.92 Å². The van der Waals surface area contributed by atoms with E-state index in [1.165, 1.54) is 0 Å². The molecule has 4 N–H and O–H groups in total. The molecule has 0 aliphatic heterocycles. The number of aliphatic carboxylic acids is 1. The van der Waals surface area contributed by atoms with Crippen molar-refractivity contribution in [1.29, 1.82) is 0 Å². The predicted octanol–water partition coefficient (Wildman–Crippen LogP) is 0.873. The molecule has 1 aliphatic carbocycles. The summed E-state index contributed by atoms with van der Waals surface area (Å²) in [6.07, 6.45) is 3.43. The topological polar surface area (TPSA) is 92.4 Å². The molecule has 1 atom stereocenters. The molecule has 1 unspecified atom stereocenters. The van der Waals surface area contributed by atoms with Gasteiger partial charge in [0.05, 0.1) is 0 Å². The highest BCUT2D eigenvalue weighted by Crippen LogP contribution is 2.31. The van der Waals surface area contributed by atoms with Gasteiger partial charge in [-0.3, -0.25) is 4.79 Å². The number of hydrogen-bond acceptors (Lipinski definition) is 3. The Morgan fingerprint density at radius 2 is 2.00 bits per heavy atom. The van der Waals surface area contributed by atoms with Crippen LogP contribution in [0.15, 0.2) is 0 Å². The van der Waals surface area contributed by atoms with Crippen LogP contribution in [0.3, 0.4) is 0 Å². The molecule has 0 saturated heterocycles. The first kappa shape index (κ1) is 14.0. The third kappa shape index (κ3) is 4.34. The summed E-state index contributed by atoms with van der Waals surface area (Å²) < 4.78 is 0. The average Bonchev–Trinajstić information content (AvgIpc) is 2.13. The first-order valence-electron chi connectivity index (χ1n) is 6.13. The number of amides is 1. The third-order valence-electron chi connectivity index (χ3n) is 3.20. The largest absolute Gasteiger partial charge is 0.480 e. The molecule has 1 saturated carbocycles. The Bertz CT molecular complexity index is 298. The Morgan fingerprint density at radius 1 is 1.41 bits per heavy atom. The number of carboxylic acid groups (broad SMARTS) is 1. The second-order valence-electron chi connectivity index (χ2n) is 5.48. The summed E-state index contributed by atoms with van der Waals surface area (Å²) in [7, 11) is 0. The second-order valence-corrected chi connectivity index (χ2v) is 5.48. The zero-order valence-corrected chi connectivity index (χ0v) is 10.5. The average molecular weight is 242 g/mol. The standard InChI is InChI=1S/C12H22N2O3/c1-8(2)6-9(11(16)17)14-10(15)7-12(13)4-3-5-12/h8-9H,3-7,13H2,1-2H3,(H,14,15)(H,16,17). The second kappa shape index (κ2) is 5.49. The molecular formula is C12H22N2O3. The van der Waals surface area contributed by atoms with Crippen molar-refractivity contribution in [3.63, 3.8) is 0 Å². The van der Waals surface area contributed by atoms with Gasteiger partial charge in [0.2, 0.25) is 5.91 Å². The number of hydrogen-bond donors (Lipinski definition) is 3. The van der Waals surface area contributed by atoms with E-state index in [0.29, 0.717) is 6.42 Å². The van der Waals surface area contributed by atoms with Crippen molar-refractivity contribution in [2.75, 3.05) is 0 Å². The van der Waals surface area contributed by atoms with Gasteiger partial charge in [0, 0.05) is 12.0 Å². The van der Waals surface area contributed by atoms with E-state index >= 15 is 0 Å². The van der Waals surface area contributed by atoms with Gasteiger partial charge in [-0.1, -0.05) is 13.8 Å². The Kier molecular flexibility index (Phi) is 4.51. The smallest absolute Gasteiger partial charge is 0.326 e. The number of carboxylic acids is 1. The lowest BCUT2D eigenvalue weighted by molar-refractivity contribution is -0.142. The molecule has 1 amide bonds. The fourth-order valence-electron chi connectivity index (χ4n) is 2.07. The fourth-order valence-corrected chi connectivity index (χ4v) is 2.07. The minimum atomic E-state index is -0.980. The Labute approximate surface area is 102 Å². The summed E-state index contributed by atoms with van der Waals surface area (Å²) in [6.45, 7) is 3.86. The molecule has 1 aliphatic rings. The van der Waals surface area contributed by atoms with E-state index in [1.807, 2.05) is 13.8 Å². The van der Waals surface area contributed by atoms with Crippen molar-refractivity contribution >= 4 is 11.9 Å². The van der Waals surface area contributed by atoms with Crippen molar-refractivity contribution < 1.29 is 14.7 Å². The maximum absolute atomic E-state index is 11.7. The first-order valence-corrected chi connectivity index (χ1v) is 6.13. The molecule has 0 aromatic rings. The molecule has 0 aromatic heterocycles. The van der Waals surface area contributed by atoms with Crippen LogP contribution in [0.4, 0.5) is 0 Å². The zero-order chi connectivity index (χ0) is 13.1. The Hall–Kier alpha value is -1.10. The molecule has 1 rings (SSSR count). The summed E-state index contributed by atoms with van der Waals surface area (Å²) >= 11 is 0. The monoisotopic (exact) mass is 242 g/mol. The third-order valence-corrected chi connectivity index (χ3v) is 3.20. The van der Waals surface area contributed by atoms with Gasteiger partial charge in [-0.05, 0) is 31.6 Å². The molecule has 0 aromatic carbocycles. The van der Waals surface area contributed by atoms with Crippen molar-refractivity contribution in [3.8, 4) is 0 Å². The zero-order valence-electron chi connectivity index (χ0n) is 10.5. The van der Waals surface area contributed by atoms with Gasteiger partial charge in [-0.2, -0.15) is 0 Å². The predicted molar refractivity (Wildman–Crippen MR) is 64.4 cm³/mol. The Morgan fingerprint density at radius 3 is 2.35 bits per heavy atom. The lowest BCUT2D eigenvalue weighted by Gasteiger charge is -2.37. The van der Waals surface area contributed by atoms with Gasteiger partial charge in [0.1, 0.15) is 6.04 Å². The minimum absolute atomic E-state index is 0.229. The van der Waals surface area contributed by atoms with Crippen LogP contribution in [-0.4, -0.2) is 28.6 Å². The molecule has 0 spiro atoms. The summed E-state index contributed by atoms with van der Waals surface area (Å²) in [5.41, 5.74) is 5.55. The lowest BCUT2D eigenvalue weighted by atomic mass is 9.75. The molecule has 0 heterocycles. The van der Waals surface area contributed by atoms with Crippen molar-refractivity contribution in [2.24, 2.45) is 11.7 Å². The van der Waals surface area contributed by atoms with E-state index < -0.39 is 17.6 Å². The maximum atomic E-state index is 11.7. The van der Waals surface area contributed by atoms with Gasteiger partial charge in [-0.15, -0.1) is 0 Å². The highest BCUT2D eigenvalue weighted by molar-refractivity contribution is 5.84. The van der Waals surface area contributed by atoms with Crippen molar-refractivity contribution in [1.82, 2.24) is 5.32 Å². The lowest BCUT2D eigenvalue weighted by Crippen LogP contribution is -2.52. The van der Waals surface area contributed by atoms with E-state index in [2.05, 4.69) is 5.32 Å². The SMILES string of the molecule is CC(C)CC(NC(=O)CC1(N)CCC1)C(=O)O. The number of nitrogens with two attached hydrogens (primary N) is 1. The van der Waals surface area contributed by atoms with Crippen LogP contribution in [-0.2, 0) is 9.59 Å². The van der Waals surface area contributed by atoms with Crippen LogP contribution in [0.25, 0.3) is 0 Å². The first-order chi connectivity index (χ1) is 7.82. The molecule has 98 valence electrons. The van der Waals surface area contributed by atoms with Gasteiger partial charge in [-0.25, -0.2) is 4.79 Å². The molecule has 17 heavy (non-hydrogen) atoms. The molecule has 1 fully saturated rings. The van der Waals surface area contributed by atoms with E-state index in [9.17, 15) is 9.59 Å². The summed E-state index contributed by atoms with van der Waals surface area (Å²) in [6, 6.07) is -0.800. The van der Waals surface area contributed by atoms with E-state index in [1.54, 1.807) is 0 Å². The van der Waals surface area contributed by atoms with Gasteiger partial charge in [0.25, 0.3) is 0 Å². The van der Waals surface area contributed by atoms with E-state index in [4.69, 9.17) is 10.8 Å².